The van der Waals surface area contributed by atoms with Crippen molar-refractivity contribution in [1.29, 1.82) is 0 Å². The fourth-order valence-electron chi connectivity index (χ4n) is 4.43. The number of aliphatic imine (C=N–C) groups is 1. The Bertz CT molecular complexity index is 1410. The second-order valence-electron chi connectivity index (χ2n) is 8.43. The SMILES string of the molecule is C#CCOc1cnc(/C(F)=C/c2ccc(F)c([C@]34CN(c5ncc(F)cn5)C[C@H]3CSC(N)=N4)c2)cn1. The molecule has 1 fully saturated rings. The van der Waals surface area contributed by atoms with Gasteiger partial charge >= 0.3 is 0 Å². The summed E-state index contributed by atoms with van der Waals surface area (Å²) in [6, 6.07) is 4.29. The molecule has 3 aromatic rings. The molecule has 0 spiro atoms. The molecule has 0 unspecified atom stereocenters. The van der Waals surface area contributed by atoms with Gasteiger partial charge in [-0.3, -0.25) is 0 Å². The van der Waals surface area contributed by atoms with Crippen LogP contribution in [0.25, 0.3) is 11.9 Å². The third kappa shape index (κ3) is 4.95. The summed E-state index contributed by atoms with van der Waals surface area (Å²) in [7, 11) is 0. The average molecular weight is 524 g/mol. The molecule has 4 heterocycles. The number of nitrogens with zero attached hydrogens (tertiary/aromatic N) is 6. The zero-order chi connectivity index (χ0) is 26.0. The Hall–Kier alpha value is -4.11. The van der Waals surface area contributed by atoms with Crippen molar-refractivity contribution in [2.45, 2.75) is 5.54 Å². The minimum absolute atomic E-state index is 0.0175. The van der Waals surface area contributed by atoms with Gasteiger partial charge in [-0.25, -0.2) is 38.1 Å². The highest BCUT2D eigenvalue weighted by molar-refractivity contribution is 8.13. The lowest BCUT2D eigenvalue weighted by atomic mass is 9.81. The molecule has 0 bridgehead atoms. The van der Waals surface area contributed by atoms with Gasteiger partial charge in [0, 0.05) is 23.8 Å². The number of thioether (sulfide) groups is 1. The highest BCUT2D eigenvalue weighted by Crippen LogP contribution is 2.47. The van der Waals surface area contributed by atoms with Crippen molar-refractivity contribution in [2.24, 2.45) is 16.6 Å². The van der Waals surface area contributed by atoms with E-state index in [2.05, 4.69) is 25.9 Å². The van der Waals surface area contributed by atoms with Gasteiger partial charge in [0.25, 0.3) is 0 Å². The minimum Gasteiger partial charge on any atom is -0.463 e. The number of anilines is 1. The molecule has 0 saturated carbocycles. The summed E-state index contributed by atoms with van der Waals surface area (Å²) >= 11 is 1.38. The van der Waals surface area contributed by atoms with E-state index in [0.717, 1.165) is 12.4 Å². The highest BCUT2D eigenvalue weighted by atomic mass is 32.2. The Morgan fingerprint density at radius 2 is 2.03 bits per heavy atom. The van der Waals surface area contributed by atoms with Gasteiger partial charge in [0.05, 0.1) is 31.3 Å². The standard InChI is InChI=1S/C25H20F3N7OS/c1-2-5-36-22-11-30-21(10-31-22)20(28)7-15-3-4-19(27)18(6-15)25-14-35(24-32-8-17(26)9-33-24)12-16(25)13-37-23(29)34-25/h1,3-4,6-11,16H,5,12-14H2,(H2,29,34)/b20-7-/t16-,25-/m0/s1. The third-order valence-electron chi connectivity index (χ3n) is 6.11. The first-order valence-electron chi connectivity index (χ1n) is 11.1. The molecule has 12 heteroatoms. The summed E-state index contributed by atoms with van der Waals surface area (Å²) in [4.78, 5) is 22.6. The predicted molar refractivity (Wildman–Crippen MR) is 135 cm³/mol. The number of hydrogen-bond acceptors (Lipinski definition) is 9. The van der Waals surface area contributed by atoms with Crippen LogP contribution in [0, 0.1) is 29.9 Å². The van der Waals surface area contributed by atoms with E-state index < -0.39 is 23.0 Å². The monoisotopic (exact) mass is 523 g/mol. The van der Waals surface area contributed by atoms with Crippen molar-refractivity contribution < 1.29 is 17.9 Å². The average Bonchev–Trinajstić information content (AvgIpc) is 3.29. The molecule has 2 aromatic heterocycles. The highest BCUT2D eigenvalue weighted by Gasteiger charge is 2.52. The number of aromatic nitrogens is 4. The van der Waals surface area contributed by atoms with E-state index in [1.54, 1.807) is 6.07 Å². The van der Waals surface area contributed by atoms with Gasteiger partial charge in [0.2, 0.25) is 11.8 Å². The van der Waals surface area contributed by atoms with Crippen LogP contribution in [-0.4, -0.2) is 50.6 Å². The number of amidine groups is 1. The second-order valence-corrected chi connectivity index (χ2v) is 9.47. The summed E-state index contributed by atoms with van der Waals surface area (Å²) in [6.07, 6.45) is 11.0. The van der Waals surface area contributed by atoms with Crippen LogP contribution in [0.5, 0.6) is 5.88 Å². The number of halogens is 3. The van der Waals surface area contributed by atoms with E-state index in [1.165, 1.54) is 42.4 Å². The summed E-state index contributed by atoms with van der Waals surface area (Å²) in [5.74, 6) is 1.51. The van der Waals surface area contributed by atoms with E-state index >= 15 is 8.78 Å². The Labute approximate surface area is 214 Å². The maximum Gasteiger partial charge on any atom is 0.233 e. The van der Waals surface area contributed by atoms with Crippen LogP contribution in [0.15, 0.2) is 48.0 Å². The first-order chi connectivity index (χ1) is 17.9. The fraction of sp³-hybridized carbons (Fsp3) is 0.240. The molecule has 188 valence electrons. The van der Waals surface area contributed by atoms with Gasteiger partial charge < -0.3 is 15.4 Å². The number of rotatable bonds is 6. The molecule has 5 rings (SSSR count). The maximum atomic E-state index is 15.3. The Morgan fingerprint density at radius 1 is 1.22 bits per heavy atom. The molecule has 2 N–H and O–H groups in total. The number of nitrogens with two attached hydrogens (primary N) is 1. The lowest BCUT2D eigenvalue weighted by molar-refractivity contribution is 0.353. The molecule has 2 atom stereocenters. The molecule has 1 aromatic carbocycles. The number of benzene rings is 1. The maximum absolute atomic E-state index is 15.3. The summed E-state index contributed by atoms with van der Waals surface area (Å²) in [5, 5.41) is 0.326. The number of terminal acetylenes is 1. The van der Waals surface area contributed by atoms with Crippen molar-refractivity contribution >= 4 is 34.8 Å². The zero-order valence-electron chi connectivity index (χ0n) is 19.3. The zero-order valence-corrected chi connectivity index (χ0v) is 20.1. The van der Waals surface area contributed by atoms with Crippen molar-refractivity contribution in [3.8, 4) is 18.2 Å². The second kappa shape index (κ2) is 10.1. The molecule has 2 aliphatic heterocycles. The Balaban J connectivity index is 1.48. The number of fused-ring (bicyclic) bond motifs is 1. The van der Waals surface area contributed by atoms with Gasteiger partial charge in [0.15, 0.2) is 23.4 Å². The molecule has 1 saturated heterocycles. The van der Waals surface area contributed by atoms with Crippen LogP contribution < -0.4 is 15.4 Å². The van der Waals surface area contributed by atoms with Crippen LogP contribution in [0.2, 0.25) is 0 Å². The molecular weight excluding hydrogens is 503 g/mol. The number of hydrogen-bond donors (Lipinski definition) is 1. The van der Waals surface area contributed by atoms with Gasteiger partial charge in [-0.2, -0.15) is 0 Å². The lowest BCUT2D eigenvalue weighted by Crippen LogP contribution is -2.40. The molecule has 2 aliphatic rings. The largest absolute Gasteiger partial charge is 0.463 e. The van der Waals surface area contributed by atoms with Gasteiger partial charge in [-0.1, -0.05) is 23.7 Å². The minimum atomic E-state index is -1.05. The van der Waals surface area contributed by atoms with Crippen LogP contribution in [-0.2, 0) is 5.54 Å². The van der Waals surface area contributed by atoms with Crippen molar-refractivity contribution in [3.63, 3.8) is 0 Å². The first kappa shape index (κ1) is 24.6. The molecule has 0 amide bonds. The van der Waals surface area contributed by atoms with Crippen LogP contribution in [0.1, 0.15) is 16.8 Å². The van der Waals surface area contributed by atoms with E-state index in [0.29, 0.717) is 29.0 Å². The van der Waals surface area contributed by atoms with Crippen molar-refractivity contribution in [1.82, 2.24) is 19.9 Å². The van der Waals surface area contributed by atoms with Crippen LogP contribution in [0.4, 0.5) is 19.1 Å². The van der Waals surface area contributed by atoms with Crippen molar-refractivity contribution in [3.05, 3.63) is 71.4 Å². The molecular formula is C25H20F3N7OS. The van der Waals surface area contributed by atoms with Gasteiger partial charge in [-0.15, -0.1) is 6.42 Å². The lowest BCUT2D eigenvalue weighted by Gasteiger charge is -2.35. The summed E-state index contributed by atoms with van der Waals surface area (Å²) in [5.41, 5.74) is 5.69. The molecule has 8 nitrogen and oxygen atoms in total. The Morgan fingerprint density at radius 3 is 2.76 bits per heavy atom. The molecule has 0 radical (unpaired) electrons. The van der Waals surface area contributed by atoms with E-state index in [9.17, 15) is 4.39 Å². The normalized spacial score (nSPS) is 21.2. The topological polar surface area (TPSA) is 102 Å². The van der Waals surface area contributed by atoms with E-state index in [1.807, 2.05) is 4.90 Å². The molecule has 37 heavy (non-hydrogen) atoms. The van der Waals surface area contributed by atoms with Crippen molar-refractivity contribution in [2.75, 3.05) is 30.3 Å². The number of ether oxygens (including phenoxy) is 1. The van der Waals surface area contributed by atoms with Crippen LogP contribution in [0.3, 0.4) is 0 Å². The Kier molecular flexibility index (Phi) is 6.71. The van der Waals surface area contributed by atoms with E-state index in [4.69, 9.17) is 21.9 Å². The summed E-state index contributed by atoms with van der Waals surface area (Å²) in [6.45, 7) is 0.707. The quantitative estimate of drug-likeness (QED) is 0.491. The van der Waals surface area contributed by atoms with Gasteiger partial charge in [0.1, 0.15) is 17.1 Å². The smallest absolute Gasteiger partial charge is 0.233 e. The molecule has 0 aliphatic carbocycles. The first-order valence-corrected chi connectivity index (χ1v) is 12.1. The van der Waals surface area contributed by atoms with Gasteiger partial charge in [-0.05, 0) is 23.8 Å². The third-order valence-corrected chi connectivity index (χ3v) is 7.06. The summed E-state index contributed by atoms with van der Waals surface area (Å²) < 4.78 is 48.8. The van der Waals surface area contributed by atoms with E-state index in [-0.39, 0.29) is 36.2 Å². The van der Waals surface area contributed by atoms with Crippen LogP contribution >= 0.6 is 11.8 Å². The predicted octanol–water partition coefficient (Wildman–Crippen LogP) is 3.42. The fourth-order valence-corrected chi connectivity index (χ4v) is 5.42.